The summed E-state index contributed by atoms with van der Waals surface area (Å²) in [5, 5.41) is 3.69. The van der Waals surface area contributed by atoms with Gasteiger partial charge in [0, 0.05) is 17.8 Å². The first kappa shape index (κ1) is 12.4. The molecule has 1 heterocycles. The maximum Gasteiger partial charge on any atom is 0.221 e. The van der Waals surface area contributed by atoms with Gasteiger partial charge in [0.2, 0.25) is 5.95 Å². The lowest BCUT2D eigenvalue weighted by atomic mass is 10.2. The number of anilines is 3. The van der Waals surface area contributed by atoms with Gasteiger partial charge >= 0.3 is 0 Å². The van der Waals surface area contributed by atoms with Crippen LogP contribution in [0, 0.1) is 6.92 Å². The number of aryl methyl sites for hydroxylation is 1. The summed E-state index contributed by atoms with van der Waals surface area (Å²) < 4.78 is 5.15. The SMILES string of the molecule is COc1ccc(Cl)c(Nc2nc(N)ncc2C)c1. The summed E-state index contributed by atoms with van der Waals surface area (Å²) in [6.45, 7) is 1.88. The van der Waals surface area contributed by atoms with E-state index in [9.17, 15) is 0 Å². The molecule has 0 aliphatic carbocycles. The first-order chi connectivity index (χ1) is 8.60. The number of ether oxygens (including phenoxy) is 1. The average molecular weight is 265 g/mol. The van der Waals surface area contributed by atoms with Crippen LogP contribution in [-0.2, 0) is 0 Å². The van der Waals surface area contributed by atoms with Crippen LogP contribution in [-0.4, -0.2) is 17.1 Å². The van der Waals surface area contributed by atoms with E-state index in [2.05, 4.69) is 15.3 Å². The normalized spacial score (nSPS) is 10.2. The van der Waals surface area contributed by atoms with E-state index >= 15 is 0 Å². The summed E-state index contributed by atoms with van der Waals surface area (Å²) in [5.41, 5.74) is 7.14. The standard InChI is InChI=1S/C12H13ClN4O/c1-7-6-15-12(14)17-11(7)16-10-5-8(18-2)3-4-9(10)13/h3-6H,1-2H3,(H3,14,15,16,17). The number of benzene rings is 1. The van der Waals surface area contributed by atoms with Crippen LogP contribution in [0.2, 0.25) is 5.02 Å². The van der Waals surface area contributed by atoms with Crippen LogP contribution in [0.1, 0.15) is 5.56 Å². The van der Waals surface area contributed by atoms with Gasteiger partial charge in [0.05, 0.1) is 17.8 Å². The van der Waals surface area contributed by atoms with E-state index in [-0.39, 0.29) is 5.95 Å². The lowest BCUT2D eigenvalue weighted by molar-refractivity contribution is 0.415. The van der Waals surface area contributed by atoms with Crippen molar-refractivity contribution in [1.29, 1.82) is 0 Å². The fraction of sp³-hybridized carbons (Fsp3) is 0.167. The molecule has 0 aliphatic rings. The van der Waals surface area contributed by atoms with Crippen molar-refractivity contribution in [2.24, 2.45) is 0 Å². The summed E-state index contributed by atoms with van der Waals surface area (Å²) in [4.78, 5) is 8.03. The van der Waals surface area contributed by atoms with Crippen molar-refractivity contribution < 1.29 is 4.74 Å². The van der Waals surface area contributed by atoms with E-state index in [0.717, 1.165) is 5.56 Å². The lowest BCUT2D eigenvalue weighted by Crippen LogP contribution is -2.02. The van der Waals surface area contributed by atoms with Crippen molar-refractivity contribution in [3.05, 3.63) is 35.0 Å². The van der Waals surface area contributed by atoms with Gasteiger partial charge in [-0.25, -0.2) is 4.98 Å². The zero-order chi connectivity index (χ0) is 13.1. The van der Waals surface area contributed by atoms with E-state index in [4.69, 9.17) is 22.1 Å². The summed E-state index contributed by atoms with van der Waals surface area (Å²) in [7, 11) is 1.60. The number of methoxy groups -OCH3 is 1. The molecule has 94 valence electrons. The zero-order valence-electron chi connectivity index (χ0n) is 10.1. The molecule has 1 aromatic carbocycles. The largest absolute Gasteiger partial charge is 0.497 e. The minimum absolute atomic E-state index is 0.210. The number of nitrogens with zero attached hydrogens (tertiary/aromatic N) is 2. The van der Waals surface area contributed by atoms with Gasteiger partial charge in [-0.2, -0.15) is 4.98 Å². The molecule has 0 bridgehead atoms. The Bertz CT molecular complexity index is 574. The lowest BCUT2D eigenvalue weighted by Gasteiger charge is -2.11. The molecular weight excluding hydrogens is 252 g/mol. The van der Waals surface area contributed by atoms with E-state index in [1.165, 1.54) is 0 Å². The van der Waals surface area contributed by atoms with Gasteiger partial charge < -0.3 is 15.8 Å². The predicted octanol–water partition coefficient (Wildman–Crippen LogP) is 2.77. The molecule has 0 unspecified atom stereocenters. The summed E-state index contributed by atoms with van der Waals surface area (Å²) in [6.07, 6.45) is 1.65. The number of nitrogens with one attached hydrogen (secondary N) is 1. The Labute approximate surface area is 110 Å². The highest BCUT2D eigenvalue weighted by molar-refractivity contribution is 6.33. The zero-order valence-corrected chi connectivity index (χ0v) is 10.8. The van der Waals surface area contributed by atoms with Crippen LogP contribution in [0.3, 0.4) is 0 Å². The minimum Gasteiger partial charge on any atom is -0.497 e. The second kappa shape index (κ2) is 5.10. The Morgan fingerprint density at radius 3 is 2.89 bits per heavy atom. The van der Waals surface area contributed by atoms with Gasteiger partial charge in [-0.1, -0.05) is 11.6 Å². The molecule has 1 aromatic heterocycles. The van der Waals surface area contributed by atoms with E-state index in [1.807, 2.05) is 6.92 Å². The first-order valence-corrected chi connectivity index (χ1v) is 5.67. The Morgan fingerprint density at radius 1 is 1.39 bits per heavy atom. The summed E-state index contributed by atoms with van der Waals surface area (Å²) in [6, 6.07) is 5.33. The highest BCUT2D eigenvalue weighted by Crippen LogP contribution is 2.29. The molecule has 0 saturated heterocycles. The van der Waals surface area contributed by atoms with Crippen molar-refractivity contribution in [3.8, 4) is 5.75 Å². The number of hydrogen-bond acceptors (Lipinski definition) is 5. The molecule has 5 nitrogen and oxygen atoms in total. The Morgan fingerprint density at radius 2 is 2.17 bits per heavy atom. The molecule has 18 heavy (non-hydrogen) atoms. The highest BCUT2D eigenvalue weighted by Gasteiger charge is 2.06. The van der Waals surface area contributed by atoms with Gasteiger partial charge in [0.25, 0.3) is 0 Å². The van der Waals surface area contributed by atoms with Gasteiger partial charge in [-0.15, -0.1) is 0 Å². The van der Waals surface area contributed by atoms with Gasteiger partial charge in [-0.05, 0) is 19.1 Å². The Balaban J connectivity index is 2.36. The predicted molar refractivity (Wildman–Crippen MR) is 72.5 cm³/mol. The third kappa shape index (κ3) is 2.62. The van der Waals surface area contributed by atoms with Crippen molar-refractivity contribution in [3.63, 3.8) is 0 Å². The van der Waals surface area contributed by atoms with Crippen molar-refractivity contribution in [2.75, 3.05) is 18.2 Å². The van der Waals surface area contributed by atoms with Crippen molar-refractivity contribution in [1.82, 2.24) is 9.97 Å². The maximum absolute atomic E-state index is 6.10. The molecule has 0 atom stereocenters. The first-order valence-electron chi connectivity index (χ1n) is 5.30. The van der Waals surface area contributed by atoms with Crippen LogP contribution in [0.25, 0.3) is 0 Å². The van der Waals surface area contributed by atoms with E-state index in [0.29, 0.717) is 22.3 Å². The third-order valence-electron chi connectivity index (χ3n) is 2.42. The molecule has 0 fully saturated rings. The van der Waals surface area contributed by atoms with Crippen LogP contribution < -0.4 is 15.8 Å². The molecule has 6 heteroatoms. The Hall–Kier alpha value is -2.01. The fourth-order valence-corrected chi connectivity index (χ4v) is 1.60. The topological polar surface area (TPSA) is 73.1 Å². The van der Waals surface area contributed by atoms with E-state index < -0.39 is 0 Å². The van der Waals surface area contributed by atoms with Crippen LogP contribution in [0.15, 0.2) is 24.4 Å². The minimum atomic E-state index is 0.210. The number of nitrogens with two attached hydrogens (primary N) is 1. The number of aromatic nitrogens is 2. The number of halogens is 1. The second-order valence-corrected chi connectivity index (χ2v) is 4.14. The molecule has 0 aliphatic heterocycles. The number of nitrogen functional groups attached to an aromatic ring is 1. The fourth-order valence-electron chi connectivity index (χ4n) is 1.44. The van der Waals surface area contributed by atoms with Gasteiger partial charge in [0.15, 0.2) is 0 Å². The summed E-state index contributed by atoms with van der Waals surface area (Å²) in [5.74, 6) is 1.54. The molecule has 0 amide bonds. The monoisotopic (exact) mass is 264 g/mol. The second-order valence-electron chi connectivity index (χ2n) is 3.73. The number of hydrogen-bond donors (Lipinski definition) is 2. The molecular formula is C12H13ClN4O. The maximum atomic E-state index is 6.10. The van der Waals surface area contributed by atoms with Gasteiger partial charge in [0.1, 0.15) is 11.6 Å². The van der Waals surface area contributed by atoms with E-state index in [1.54, 1.807) is 31.5 Å². The molecule has 0 saturated carbocycles. The molecule has 0 radical (unpaired) electrons. The molecule has 2 aromatic rings. The third-order valence-corrected chi connectivity index (χ3v) is 2.75. The van der Waals surface area contributed by atoms with Crippen LogP contribution >= 0.6 is 11.6 Å². The van der Waals surface area contributed by atoms with Crippen molar-refractivity contribution in [2.45, 2.75) is 6.92 Å². The molecule has 3 N–H and O–H groups in total. The highest BCUT2D eigenvalue weighted by atomic mass is 35.5. The van der Waals surface area contributed by atoms with Crippen LogP contribution in [0.5, 0.6) is 5.75 Å². The van der Waals surface area contributed by atoms with Crippen LogP contribution in [0.4, 0.5) is 17.5 Å². The van der Waals surface area contributed by atoms with Gasteiger partial charge in [-0.3, -0.25) is 0 Å². The smallest absolute Gasteiger partial charge is 0.221 e. The molecule has 0 spiro atoms. The average Bonchev–Trinajstić information content (AvgIpc) is 2.36. The number of rotatable bonds is 3. The Kier molecular flexibility index (Phi) is 3.53. The summed E-state index contributed by atoms with van der Waals surface area (Å²) >= 11 is 6.10. The molecule has 2 rings (SSSR count). The quantitative estimate of drug-likeness (QED) is 0.892. The van der Waals surface area contributed by atoms with Crippen molar-refractivity contribution >= 4 is 29.1 Å².